The topological polar surface area (TPSA) is 45.2 Å². The molecule has 1 aliphatic rings. The van der Waals surface area contributed by atoms with Crippen molar-refractivity contribution < 1.29 is 26.7 Å². The molecular weight excluding hydrogens is 441 g/mol. The van der Waals surface area contributed by atoms with E-state index in [1.165, 1.54) is 44.5 Å². The van der Waals surface area contributed by atoms with Crippen molar-refractivity contribution in [2.45, 2.75) is 45.7 Å². The molecular formula is C21H29ClF5N3O. The van der Waals surface area contributed by atoms with Crippen molar-refractivity contribution in [3.63, 3.8) is 0 Å². The first-order chi connectivity index (χ1) is 14.6. The zero-order valence-corrected chi connectivity index (χ0v) is 18.8. The number of carbonyl (C=O) groups is 1. The number of fused-ring (bicyclic) bond motifs is 1. The molecule has 0 saturated carbocycles. The number of aldehydes is 1. The Morgan fingerprint density at radius 2 is 1.68 bits per heavy atom. The van der Waals surface area contributed by atoms with E-state index in [1.807, 2.05) is 13.8 Å². The van der Waals surface area contributed by atoms with Crippen LogP contribution in [0.4, 0.5) is 27.6 Å². The molecule has 10 heteroatoms. The lowest BCUT2D eigenvalue weighted by Crippen LogP contribution is -2.24. The van der Waals surface area contributed by atoms with E-state index in [-0.39, 0.29) is 5.52 Å². The van der Waals surface area contributed by atoms with Crippen LogP contribution >= 0.6 is 11.6 Å². The van der Waals surface area contributed by atoms with Gasteiger partial charge in [0.15, 0.2) is 6.29 Å². The van der Waals surface area contributed by atoms with Crippen LogP contribution in [-0.4, -0.2) is 49.8 Å². The molecule has 0 radical (unpaired) electrons. The van der Waals surface area contributed by atoms with E-state index < -0.39 is 24.6 Å². The zero-order chi connectivity index (χ0) is 24.0. The highest BCUT2D eigenvalue weighted by molar-refractivity contribution is 6.31. The first-order valence-corrected chi connectivity index (χ1v) is 10.2. The monoisotopic (exact) mass is 469 g/mol. The number of pyridine rings is 1. The molecule has 176 valence electrons. The van der Waals surface area contributed by atoms with Crippen molar-refractivity contribution in [1.29, 1.82) is 0 Å². The van der Waals surface area contributed by atoms with Gasteiger partial charge in [-0.3, -0.25) is 4.79 Å². The summed E-state index contributed by atoms with van der Waals surface area (Å²) in [6.07, 6.45) is -3.40. The number of aromatic nitrogens is 1. The van der Waals surface area contributed by atoms with Crippen LogP contribution < -0.4 is 5.32 Å². The zero-order valence-electron chi connectivity index (χ0n) is 18.1. The number of benzene rings is 1. The Kier molecular flexibility index (Phi) is 13.9. The number of piperidine rings is 1. The summed E-state index contributed by atoms with van der Waals surface area (Å²) in [6, 6.07) is 5.53. The molecule has 0 unspecified atom stereocenters. The van der Waals surface area contributed by atoms with Crippen molar-refractivity contribution in [1.82, 2.24) is 9.88 Å². The average molecular weight is 470 g/mol. The van der Waals surface area contributed by atoms with Gasteiger partial charge in [-0.05, 0) is 57.2 Å². The quantitative estimate of drug-likeness (QED) is 0.401. The Labute approximate surface area is 184 Å². The standard InChI is InChI=1S/C11H8ClF3N2.C6H13N.C2H2F2O.C2H6/c1-16-9-5-10(11(13,14)15)17-8-3-2-6(12)4-7(8)9;1-7-5-3-2-4-6-7;3-2(4)1-5;1-2/h2-5H,1H3,(H,16,17);2-6H2,1H3;1-2H;1-2H3. The van der Waals surface area contributed by atoms with E-state index in [0.29, 0.717) is 16.1 Å². The second kappa shape index (κ2) is 14.9. The van der Waals surface area contributed by atoms with Gasteiger partial charge < -0.3 is 10.2 Å². The molecule has 1 N–H and O–H groups in total. The Balaban J connectivity index is 0.000000530. The predicted molar refractivity (Wildman–Crippen MR) is 116 cm³/mol. The maximum atomic E-state index is 12.6. The normalized spacial score (nSPS) is 13.8. The Bertz CT molecular complexity index is 781. The molecule has 0 aliphatic carbocycles. The van der Waals surface area contributed by atoms with Crippen LogP contribution in [0, 0.1) is 0 Å². The number of halogens is 6. The van der Waals surface area contributed by atoms with E-state index in [4.69, 9.17) is 16.4 Å². The number of nitrogens with one attached hydrogen (secondary N) is 1. The number of alkyl halides is 5. The number of hydrogen-bond acceptors (Lipinski definition) is 4. The van der Waals surface area contributed by atoms with Crippen molar-refractivity contribution in [3.8, 4) is 0 Å². The van der Waals surface area contributed by atoms with E-state index in [9.17, 15) is 22.0 Å². The van der Waals surface area contributed by atoms with Gasteiger partial charge in [0.05, 0.1) is 5.52 Å². The van der Waals surface area contributed by atoms with E-state index >= 15 is 0 Å². The van der Waals surface area contributed by atoms with Gasteiger partial charge in [-0.1, -0.05) is 31.9 Å². The van der Waals surface area contributed by atoms with E-state index in [1.54, 1.807) is 13.1 Å². The first-order valence-electron chi connectivity index (χ1n) is 9.85. The predicted octanol–water partition coefficient (Wildman–Crippen LogP) is 6.53. The first kappa shape index (κ1) is 29.0. The van der Waals surface area contributed by atoms with Gasteiger partial charge in [0.1, 0.15) is 5.69 Å². The van der Waals surface area contributed by atoms with Crippen molar-refractivity contribution in [3.05, 3.63) is 35.0 Å². The molecule has 1 saturated heterocycles. The van der Waals surface area contributed by atoms with Crippen LogP contribution in [0.15, 0.2) is 24.3 Å². The lowest BCUT2D eigenvalue weighted by atomic mass is 10.1. The second-order valence-electron chi connectivity index (χ2n) is 6.30. The number of hydrogen-bond donors (Lipinski definition) is 1. The lowest BCUT2D eigenvalue weighted by molar-refractivity contribution is -0.140. The summed E-state index contributed by atoms with van der Waals surface area (Å²) in [5.74, 6) is 0. The summed E-state index contributed by atoms with van der Waals surface area (Å²) in [6.45, 7) is 6.64. The third-order valence-electron chi connectivity index (χ3n) is 4.01. The van der Waals surface area contributed by atoms with Gasteiger partial charge in [-0.25, -0.2) is 13.8 Å². The van der Waals surface area contributed by atoms with Crippen molar-refractivity contribution in [2.75, 3.05) is 32.5 Å². The number of likely N-dealkylation sites (tertiary alicyclic amines) is 1. The molecule has 2 aromatic rings. The van der Waals surface area contributed by atoms with Gasteiger partial charge in [-0.2, -0.15) is 13.2 Å². The molecule has 0 atom stereocenters. The van der Waals surface area contributed by atoms with Gasteiger partial charge in [0.2, 0.25) is 0 Å². The minimum Gasteiger partial charge on any atom is -0.388 e. The maximum absolute atomic E-state index is 12.6. The summed E-state index contributed by atoms with van der Waals surface area (Å²) in [4.78, 5) is 14.7. The fourth-order valence-electron chi connectivity index (χ4n) is 2.60. The highest BCUT2D eigenvalue weighted by Crippen LogP contribution is 2.33. The molecule has 1 fully saturated rings. The smallest absolute Gasteiger partial charge is 0.388 e. The summed E-state index contributed by atoms with van der Waals surface area (Å²) in [7, 11) is 3.75. The fraction of sp³-hybridized carbons (Fsp3) is 0.524. The molecule has 2 heterocycles. The molecule has 0 spiro atoms. The third kappa shape index (κ3) is 11.3. The largest absolute Gasteiger partial charge is 0.433 e. The van der Waals surface area contributed by atoms with Crippen molar-refractivity contribution >= 4 is 34.5 Å². The number of carbonyl (C=O) groups excluding carboxylic acids is 1. The van der Waals surface area contributed by atoms with Crippen LogP contribution in [0.1, 0.15) is 38.8 Å². The highest BCUT2D eigenvalue weighted by Gasteiger charge is 2.33. The molecule has 0 bridgehead atoms. The van der Waals surface area contributed by atoms with Gasteiger partial charge in [0.25, 0.3) is 6.43 Å². The third-order valence-corrected chi connectivity index (χ3v) is 4.25. The van der Waals surface area contributed by atoms with Gasteiger partial charge in [0, 0.05) is 23.1 Å². The molecule has 31 heavy (non-hydrogen) atoms. The van der Waals surface area contributed by atoms with Gasteiger partial charge in [-0.15, -0.1) is 0 Å². The van der Waals surface area contributed by atoms with Crippen LogP contribution in [-0.2, 0) is 11.0 Å². The molecule has 0 amide bonds. The maximum Gasteiger partial charge on any atom is 0.433 e. The number of rotatable bonds is 2. The Morgan fingerprint density at radius 3 is 2.06 bits per heavy atom. The van der Waals surface area contributed by atoms with Crippen LogP contribution in [0.5, 0.6) is 0 Å². The van der Waals surface area contributed by atoms with Gasteiger partial charge >= 0.3 is 6.18 Å². The second-order valence-corrected chi connectivity index (χ2v) is 6.74. The molecule has 1 aromatic carbocycles. The molecule has 1 aromatic heterocycles. The minimum atomic E-state index is -4.46. The molecule has 1 aliphatic heterocycles. The lowest BCUT2D eigenvalue weighted by Gasteiger charge is -2.20. The SMILES string of the molecule is CC.CN1CCCCC1.CNc1cc(C(F)(F)F)nc2ccc(Cl)cc12.O=CC(F)F. The molecule has 4 nitrogen and oxygen atoms in total. The number of nitrogens with zero attached hydrogens (tertiary/aromatic N) is 2. The van der Waals surface area contributed by atoms with E-state index in [2.05, 4.69) is 22.2 Å². The Hall–Kier alpha value is -2.00. The minimum absolute atomic E-state index is 0.258. The highest BCUT2D eigenvalue weighted by atomic mass is 35.5. The van der Waals surface area contributed by atoms with E-state index in [0.717, 1.165) is 6.07 Å². The van der Waals surface area contributed by atoms with Crippen LogP contribution in [0.3, 0.4) is 0 Å². The Morgan fingerprint density at radius 1 is 1.13 bits per heavy atom. The summed E-state index contributed by atoms with van der Waals surface area (Å²) in [5, 5.41) is 3.73. The molecule has 3 rings (SSSR count). The summed E-state index contributed by atoms with van der Waals surface area (Å²) < 4.78 is 58.6. The van der Waals surface area contributed by atoms with Crippen LogP contribution in [0.2, 0.25) is 5.02 Å². The van der Waals surface area contributed by atoms with Crippen LogP contribution in [0.25, 0.3) is 10.9 Å². The summed E-state index contributed by atoms with van der Waals surface area (Å²) in [5.41, 5.74) is -0.310. The average Bonchev–Trinajstić information content (AvgIpc) is 2.75. The summed E-state index contributed by atoms with van der Waals surface area (Å²) >= 11 is 5.80. The van der Waals surface area contributed by atoms with Crippen molar-refractivity contribution in [2.24, 2.45) is 0 Å². The number of anilines is 1. The fourth-order valence-corrected chi connectivity index (χ4v) is 2.77.